The van der Waals surface area contributed by atoms with E-state index in [-0.39, 0.29) is 43.3 Å². The normalized spacial score (nSPS) is 13.5. The van der Waals surface area contributed by atoms with E-state index in [1.54, 1.807) is 0 Å². The van der Waals surface area contributed by atoms with Crippen molar-refractivity contribution in [3.8, 4) is 23.0 Å². The number of rotatable bonds is 6. The van der Waals surface area contributed by atoms with E-state index in [2.05, 4.69) is 155 Å². The molecule has 0 saturated heterocycles. The summed E-state index contributed by atoms with van der Waals surface area (Å²) in [6, 6.07) is 74.5. The third kappa shape index (κ3) is 5.76. The maximum absolute atomic E-state index is 6.68. The van der Waals surface area contributed by atoms with Crippen molar-refractivity contribution in [3.05, 3.63) is 206 Å². The summed E-state index contributed by atoms with van der Waals surface area (Å²) < 4.78 is 19.0. The molecular formula is C54H34B2N2O2Se2. The number of anilines is 6. The third-order valence-electron chi connectivity index (χ3n) is 12.4. The van der Waals surface area contributed by atoms with Gasteiger partial charge in [-0.1, -0.05) is 0 Å². The molecule has 0 atom stereocenters. The summed E-state index contributed by atoms with van der Waals surface area (Å²) in [4.78, 5) is 4.91. The molecule has 290 valence electrons. The van der Waals surface area contributed by atoms with E-state index in [4.69, 9.17) is 9.47 Å². The number of para-hydroxylation sites is 6. The first-order chi connectivity index (χ1) is 30.7. The first-order valence-electron chi connectivity index (χ1n) is 21.0. The summed E-state index contributed by atoms with van der Waals surface area (Å²) in [5.41, 5.74) is 15.4. The van der Waals surface area contributed by atoms with Gasteiger partial charge >= 0.3 is 377 Å². The number of hydrogen-bond acceptors (Lipinski definition) is 4. The van der Waals surface area contributed by atoms with Crippen LogP contribution in [0.25, 0.3) is 0 Å². The van der Waals surface area contributed by atoms with E-state index in [9.17, 15) is 0 Å². The van der Waals surface area contributed by atoms with Crippen LogP contribution in [0.15, 0.2) is 206 Å². The van der Waals surface area contributed by atoms with Crippen LogP contribution in [0.5, 0.6) is 23.0 Å². The van der Waals surface area contributed by atoms with E-state index in [1.165, 1.54) is 73.4 Å². The maximum atomic E-state index is 6.68. The Balaban J connectivity index is 1.03. The Hall–Kier alpha value is -6.65. The van der Waals surface area contributed by atoms with Gasteiger partial charge in [0, 0.05) is 0 Å². The van der Waals surface area contributed by atoms with Crippen LogP contribution >= 0.6 is 0 Å². The number of hydrogen-bond donors (Lipinski definition) is 0. The average Bonchev–Trinajstić information content (AvgIpc) is 3.32. The van der Waals surface area contributed by atoms with Crippen LogP contribution < -0.4 is 69.9 Å². The monoisotopic (exact) mass is 924 g/mol. The quantitative estimate of drug-likeness (QED) is 0.197. The molecule has 0 aliphatic carbocycles. The zero-order valence-electron chi connectivity index (χ0n) is 33.3. The van der Waals surface area contributed by atoms with Gasteiger partial charge in [0.1, 0.15) is 0 Å². The van der Waals surface area contributed by atoms with Gasteiger partial charge in [-0.15, -0.1) is 0 Å². The van der Waals surface area contributed by atoms with Crippen molar-refractivity contribution >= 4 is 128 Å². The van der Waals surface area contributed by atoms with E-state index in [0.29, 0.717) is 0 Å². The van der Waals surface area contributed by atoms with Crippen molar-refractivity contribution < 1.29 is 9.47 Å². The van der Waals surface area contributed by atoms with Crippen LogP contribution in [0.1, 0.15) is 0 Å². The topological polar surface area (TPSA) is 24.9 Å². The molecule has 9 aromatic rings. The Bertz CT molecular complexity index is 3010. The third-order valence-corrected chi connectivity index (χ3v) is 17.2. The molecule has 9 aromatic carbocycles. The molecule has 0 bridgehead atoms. The molecule has 62 heavy (non-hydrogen) atoms. The second-order valence-corrected chi connectivity index (χ2v) is 20.5. The average molecular weight is 922 g/mol. The van der Waals surface area contributed by atoms with Gasteiger partial charge < -0.3 is 0 Å². The van der Waals surface area contributed by atoms with Crippen LogP contribution in [0.4, 0.5) is 34.1 Å². The summed E-state index contributed by atoms with van der Waals surface area (Å²) in [5.74, 6) is 3.41. The zero-order chi connectivity index (χ0) is 40.7. The summed E-state index contributed by atoms with van der Waals surface area (Å²) in [6.45, 7) is 0.153. The zero-order valence-corrected chi connectivity index (χ0v) is 36.7. The van der Waals surface area contributed by atoms with Crippen LogP contribution in [0.2, 0.25) is 0 Å². The van der Waals surface area contributed by atoms with Crippen LogP contribution in [0.3, 0.4) is 0 Å². The van der Waals surface area contributed by atoms with Gasteiger partial charge in [0.2, 0.25) is 0 Å². The molecule has 4 nitrogen and oxygen atoms in total. The van der Waals surface area contributed by atoms with Crippen molar-refractivity contribution in [1.29, 1.82) is 0 Å². The van der Waals surface area contributed by atoms with Crippen molar-refractivity contribution in [1.82, 2.24) is 0 Å². The standard InChI is InChI=1S/C54H34B2N2O2Se2/c1-5-17-35(18-6-1)57-45-27-15-13-25-41(45)55-43-33-44-50(34-49(43)61-51-31-39(29-47(57)53(51)55)59-37-21-9-3-10-22-37)62-52-32-40(60-38-23-11-4-12-24-38)30-48-54(52)56(44)42-26-14-16-28-46(42)58(48)36-19-7-2-8-20-36/h1-34H. The summed E-state index contributed by atoms with van der Waals surface area (Å²) in [6.07, 6.45) is 0. The Labute approximate surface area is 374 Å². The van der Waals surface area contributed by atoms with Crippen molar-refractivity contribution in [2.45, 2.75) is 0 Å². The van der Waals surface area contributed by atoms with Crippen LogP contribution in [-0.2, 0) is 0 Å². The number of fused-ring (bicyclic) bond motifs is 8. The van der Waals surface area contributed by atoms with Gasteiger partial charge in [-0.2, -0.15) is 0 Å². The Morgan fingerprint density at radius 3 is 1.13 bits per heavy atom. The summed E-state index contributed by atoms with van der Waals surface area (Å²) in [5, 5.41) is 0. The van der Waals surface area contributed by atoms with Gasteiger partial charge in [-0.05, 0) is 0 Å². The summed E-state index contributed by atoms with van der Waals surface area (Å²) in [7, 11) is 0. The molecule has 4 aliphatic heterocycles. The molecule has 8 heteroatoms. The van der Waals surface area contributed by atoms with Crippen molar-refractivity contribution in [2.24, 2.45) is 0 Å². The molecule has 0 N–H and O–H groups in total. The predicted octanol–water partition coefficient (Wildman–Crippen LogP) is 5.81. The molecule has 4 heterocycles. The van der Waals surface area contributed by atoms with Crippen molar-refractivity contribution in [2.75, 3.05) is 9.80 Å². The first kappa shape index (κ1) is 36.0. The molecule has 13 rings (SSSR count). The predicted molar refractivity (Wildman–Crippen MR) is 261 cm³/mol. The molecule has 0 aromatic heterocycles. The molecule has 0 unspecified atom stereocenters. The Morgan fingerprint density at radius 2 is 0.694 bits per heavy atom. The number of nitrogens with zero attached hydrogens (tertiary/aromatic N) is 2. The van der Waals surface area contributed by atoms with Gasteiger partial charge in [-0.25, -0.2) is 0 Å². The molecule has 0 amide bonds. The molecule has 0 spiro atoms. The number of benzene rings is 9. The first-order valence-corrected chi connectivity index (χ1v) is 24.4. The van der Waals surface area contributed by atoms with E-state index in [0.717, 1.165) is 34.4 Å². The SMILES string of the molecule is c1ccc(Oc2cc3c4c(c2)N(c2ccccc2)c2ccccc2B4c2cc4c(cc2[Se]3)[Se]c2cc(Oc3ccccc3)cc3c2B4c2ccccc2N3c2ccccc2)cc1. The van der Waals surface area contributed by atoms with Gasteiger partial charge in [0.15, 0.2) is 0 Å². The fourth-order valence-electron chi connectivity index (χ4n) is 9.92. The van der Waals surface area contributed by atoms with Crippen LogP contribution in [0, 0.1) is 0 Å². The fraction of sp³-hybridized carbons (Fsp3) is 0. The van der Waals surface area contributed by atoms with Crippen LogP contribution in [-0.4, -0.2) is 43.3 Å². The van der Waals surface area contributed by atoms with Gasteiger partial charge in [0.25, 0.3) is 0 Å². The van der Waals surface area contributed by atoms with Gasteiger partial charge in [-0.3, -0.25) is 0 Å². The van der Waals surface area contributed by atoms with Crippen molar-refractivity contribution in [3.63, 3.8) is 0 Å². The molecule has 0 fully saturated rings. The second kappa shape index (κ2) is 14.5. The molecule has 0 saturated carbocycles. The van der Waals surface area contributed by atoms with Gasteiger partial charge in [0.05, 0.1) is 0 Å². The minimum atomic E-state index is 0.0318. The molecule has 0 radical (unpaired) electrons. The Kier molecular flexibility index (Phi) is 8.42. The van der Waals surface area contributed by atoms with E-state index < -0.39 is 0 Å². The van der Waals surface area contributed by atoms with E-state index in [1.807, 2.05) is 60.7 Å². The number of ether oxygens (including phenoxy) is 2. The molecule has 4 aliphatic rings. The fourth-order valence-corrected chi connectivity index (χ4v) is 15.4. The summed E-state index contributed by atoms with van der Waals surface area (Å²) >= 11 is 0.0635. The second-order valence-electron chi connectivity index (χ2n) is 16.0. The Morgan fingerprint density at radius 1 is 0.306 bits per heavy atom. The minimum absolute atomic E-state index is 0.0318. The van der Waals surface area contributed by atoms with E-state index >= 15 is 0 Å². The molecular weight excluding hydrogens is 888 g/mol.